The van der Waals surface area contributed by atoms with Gasteiger partial charge in [0.2, 0.25) is 0 Å². The van der Waals surface area contributed by atoms with Gasteiger partial charge in [-0.15, -0.1) is 0 Å². The van der Waals surface area contributed by atoms with Gasteiger partial charge in [-0.3, -0.25) is 4.79 Å². The molecular weight excluding hydrogens is 416 g/mol. The molecule has 0 spiro atoms. The molecule has 2 aromatic carbocycles. The molecular formula is C23H19F2N5O2. The van der Waals surface area contributed by atoms with Gasteiger partial charge in [-0.2, -0.15) is 5.10 Å². The van der Waals surface area contributed by atoms with Crippen LogP contribution in [0.5, 0.6) is 5.75 Å². The lowest BCUT2D eigenvalue weighted by Gasteiger charge is -2.09. The van der Waals surface area contributed by atoms with Crippen molar-refractivity contribution in [2.75, 3.05) is 13.2 Å². The van der Waals surface area contributed by atoms with Gasteiger partial charge in [0.25, 0.3) is 5.56 Å². The highest BCUT2D eigenvalue weighted by molar-refractivity contribution is 5.58. The predicted molar refractivity (Wildman–Crippen MR) is 115 cm³/mol. The zero-order valence-electron chi connectivity index (χ0n) is 16.9. The Hall–Kier alpha value is -3.98. The lowest BCUT2D eigenvalue weighted by molar-refractivity contribution is 0.325. The van der Waals surface area contributed by atoms with E-state index in [1.165, 1.54) is 28.9 Å². The maximum atomic E-state index is 13.6. The molecule has 4 rings (SSSR count). The van der Waals surface area contributed by atoms with Crippen LogP contribution in [0.4, 0.5) is 8.78 Å². The first-order valence-electron chi connectivity index (χ1n) is 9.81. The highest BCUT2D eigenvalue weighted by atomic mass is 19.1. The van der Waals surface area contributed by atoms with E-state index in [1.807, 2.05) is 24.3 Å². The standard InChI is InChI=1S/C23H19F2N5O2/c24-18-9-17(10-19(25)11-18)21-4-5-22(31)30(29-21)14-15-2-1-3-16(8-15)23-27-12-20(13-28-23)32-7-6-26/h1-5,8-13H,6-7,14,26H2. The van der Waals surface area contributed by atoms with Gasteiger partial charge in [-0.25, -0.2) is 23.4 Å². The Morgan fingerprint density at radius 2 is 1.69 bits per heavy atom. The summed E-state index contributed by atoms with van der Waals surface area (Å²) in [6, 6.07) is 13.2. The van der Waals surface area contributed by atoms with E-state index in [0.29, 0.717) is 24.7 Å². The SMILES string of the molecule is NCCOc1cnc(-c2cccc(Cn3nc(-c4cc(F)cc(F)c4)ccc3=O)c2)nc1. The summed E-state index contributed by atoms with van der Waals surface area (Å²) in [5.41, 5.74) is 7.15. The van der Waals surface area contributed by atoms with Crippen molar-refractivity contribution in [1.29, 1.82) is 0 Å². The quantitative estimate of drug-likeness (QED) is 0.479. The van der Waals surface area contributed by atoms with Gasteiger partial charge in [0.05, 0.1) is 24.6 Å². The van der Waals surface area contributed by atoms with E-state index in [9.17, 15) is 13.6 Å². The van der Waals surface area contributed by atoms with Gasteiger partial charge in [0, 0.05) is 29.8 Å². The van der Waals surface area contributed by atoms with Crippen LogP contribution in [0.2, 0.25) is 0 Å². The molecule has 0 fully saturated rings. The number of rotatable bonds is 7. The molecule has 0 unspecified atom stereocenters. The number of benzene rings is 2. The minimum Gasteiger partial charge on any atom is -0.489 e. The number of halogens is 2. The molecule has 162 valence electrons. The fourth-order valence-electron chi connectivity index (χ4n) is 3.12. The molecule has 4 aromatic rings. The number of nitrogens with zero attached hydrogens (tertiary/aromatic N) is 4. The van der Waals surface area contributed by atoms with E-state index in [4.69, 9.17) is 10.5 Å². The van der Waals surface area contributed by atoms with E-state index in [0.717, 1.165) is 17.2 Å². The number of aromatic nitrogens is 4. The summed E-state index contributed by atoms with van der Waals surface area (Å²) < 4.78 is 33.8. The van der Waals surface area contributed by atoms with Crippen molar-refractivity contribution in [2.24, 2.45) is 5.73 Å². The Morgan fingerprint density at radius 1 is 0.938 bits per heavy atom. The fourth-order valence-corrected chi connectivity index (χ4v) is 3.12. The van der Waals surface area contributed by atoms with Crippen LogP contribution in [0.15, 0.2) is 71.8 Å². The number of hydrogen-bond acceptors (Lipinski definition) is 6. The van der Waals surface area contributed by atoms with Gasteiger partial charge in [-0.1, -0.05) is 18.2 Å². The Balaban J connectivity index is 1.59. The Bertz CT molecular complexity index is 1270. The summed E-state index contributed by atoms with van der Waals surface area (Å²) in [6.07, 6.45) is 3.14. The maximum Gasteiger partial charge on any atom is 0.267 e. The summed E-state index contributed by atoms with van der Waals surface area (Å²) in [7, 11) is 0. The highest BCUT2D eigenvalue weighted by Gasteiger charge is 2.09. The molecule has 0 atom stereocenters. The summed E-state index contributed by atoms with van der Waals surface area (Å²) in [6.45, 7) is 0.934. The molecule has 7 nitrogen and oxygen atoms in total. The first-order chi connectivity index (χ1) is 15.5. The average molecular weight is 435 g/mol. The number of ether oxygens (including phenoxy) is 1. The van der Waals surface area contributed by atoms with Crippen LogP contribution in [0, 0.1) is 11.6 Å². The van der Waals surface area contributed by atoms with Crippen LogP contribution in [-0.2, 0) is 6.54 Å². The number of nitrogens with two attached hydrogens (primary N) is 1. The van der Waals surface area contributed by atoms with E-state index < -0.39 is 11.6 Å². The summed E-state index contributed by atoms with van der Waals surface area (Å²) in [5, 5.41) is 4.28. The topological polar surface area (TPSA) is 95.9 Å². The monoisotopic (exact) mass is 435 g/mol. The molecule has 32 heavy (non-hydrogen) atoms. The normalized spacial score (nSPS) is 10.8. The molecule has 0 aliphatic carbocycles. The van der Waals surface area contributed by atoms with Crippen molar-refractivity contribution >= 4 is 0 Å². The Morgan fingerprint density at radius 3 is 2.41 bits per heavy atom. The molecule has 0 saturated heterocycles. The van der Waals surface area contributed by atoms with Gasteiger partial charge >= 0.3 is 0 Å². The molecule has 0 saturated carbocycles. The zero-order valence-corrected chi connectivity index (χ0v) is 16.9. The second-order valence-electron chi connectivity index (χ2n) is 6.95. The fraction of sp³-hybridized carbons (Fsp3) is 0.130. The smallest absolute Gasteiger partial charge is 0.267 e. The molecule has 0 radical (unpaired) electrons. The third kappa shape index (κ3) is 5.01. The largest absolute Gasteiger partial charge is 0.489 e. The second kappa shape index (κ2) is 9.44. The van der Waals surface area contributed by atoms with Crippen molar-refractivity contribution < 1.29 is 13.5 Å². The molecule has 2 aromatic heterocycles. The van der Waals surface area contributed by atoms with E-state index in [-0.39, 0.29) is 23.4 Å². The summed E-state index contributed by atoms with van der Waals surface area (Å²) in [4.78, 5) is 20.9. The van der Waals surface area contributed by atoms with Crippen LogP contribution in [0.1, 0.15) is 5.56 Å². The summed E-state index contributed by atoms with van der Waals surface area (Å²) >= 11 is 0. The van der Waals surface area contributed by atoms with Crippen LogP contribution < -0.4 is 16.0 Å². The molecule has 0 aliphatic rings. The van der Waals surface area contributed by atoms with Crippen LogP contribution in [0.25, 0.3) is 22.6 Å². The van der Waals surface area contributed by atoms with E-state index in [1.54, 1.807) is 12.4 Å². The minimum atomic E-state index is -0.716. The van der Waals surface area contributed by atoms with Crippen molar-refractivity contribution in [3.63, 3.8) is 0 Å². The van der Waals surface area contributed by atoms with E-state index in [2.05, 4.69) is 15.1 Å². The third-order valence-corrected chi connectivity index (χ3v) is 4.56. The third-order valence-electron chi connectivity index (χ3n) is 4.56. The van der Waals surface area contributed by atoms with Gasteiger partial charge < -0.3 is 10.5 Å². The lowest BCUT2D eigenvalue weighted by atomic mass is 10.1. The first kappa shape index (κ1) is 21.3. The minimum absolute atomic E-state index is 0.163. The Kier molecular flexibility index (Phi) is 6.27. The van der Waals surface area contributed by atoms with Gasteiger partial charge in [0.1, 0.15) is 18.2 Å². The highest BCUT2D eigenvalue weighted by Crippen LogP contribution is 2.20. The Labute approximate surface area is 182 Å². The molecule has 9 heteroatoms. The average Bonchev–Trinajstić information content (AvgIpc) is 2.79. The van der Waals surface area contributed by atoms with Crippen molar-refractivity contribution in [1.82, 2.24) is 19.7 Å². The van der Waals surface area contributed by atoms with Crippen molar-refractivity contribution in [2.45, 2.75) is 6.54 Å². The van der Waals surface area contributed by atoms with Crippen molar-refractivity contribution in [3.8, 4) is 28.4 Å². The van der Waals surface area contributed by atoms with Crippen molar-refractivity contribution in [3.05, 3.63) is 94.5 Å². The zero-order chi connectivity index (χ0) is 22.5. The van der Waals surface area contributed by atoms with E-state index >= 15 is 0 Å². The first-order valence-corrected chi connectivity index (χ1v) is 9.81. The van der Waals surface area contributed by atoms with Crippen LogP contribution in [0.3, 0.4) is 0 Å². The molecule has 0 aliphatic heterocycles. The molecule has 2 heterocycles. The molecule has 2 N–H and O–H groups in total. The van der Waals surface area contributed by atoms with Crippen LogP contribution in [-0.4, -0.2) is 32.9 Å². The van der Waals surface area contributed by atoms with Gasteiger partial charge in [-0.05, 0) is 29.8 Å². The maximum absolute atomic E-state index is 13.6. The second-order valence-corrected chi connectivity index (χ2v) is 6.95. The lowest BCUT2D eigenvalue weighted by Crippen LogP contribution is -2.22. The summed E-state index contributed by atoms with van der Waals surface area (Å²) in [5.74, 6) is -0.411. The predicted octanol–water partition coefficient (Wildman–Crippen LogP) is 3.03. The molecule has 0 bridgehead atoms. The molecule has 0 amide bonds. The number of hydrogen-bond donors (Lipinski definition) is 1. The van der Waals surface area contributed by atoms with Gasteiger partial charge in [0.15, 0.2) is 11.6 Å². The van der Waals surface area contributed by atoms with Crippen LogP contribution >= 0.6 is 0 Å².